The average molecular weight is 193 g/mol. The Morgan fingerprint density at radius 1 is 1.33 bits per heavy atom. The number of hydrogen-bond donors (Lipinski definition) is 0. The minimum atomic E-state index is -0.611. The van der Waals surface area contributed by atoms with E-state index in [1.165, 1.54) is 12.1 Å². The molecule has 0 saturated heterocycles. The summed E-state index contributed by atoms with van der Waals surface area (Å²) in [6.45, 7) is 0.0651. The molecular weight excluding hydrogens is 186 g/mol. The van der Waals surface area contributed by atoms with E-state index < -0.39 is 11.6 Å². The highest BCUT2D eigenvalue weighted by molar-refractivity contribution is 6.17. The molecule has 12 heavy (non-hydrogen) atoms. The second kappa shape index (κ2) is 4.38. The van der Waals surface area contributed by atoms with Crippen LogP contribution in [0.15, 0.2) is 18.2 Å². The highest BCUT2D eigenvalue weighted by Crippen LogP contribution is 2.10. The van der Waals surface area contributed by atoms with Gasteiger partial charge in [0.05, 0.1) is 6.61 Å². The van der Waals surface area contributed by atoms with Crippen molar-refractivity contribution in [1.29, 1.82) is 0 Å². The zero-order chi connectivity index (χ0) is 8.97. The van der Waals surface area contributed by atoms with Crippen LogP contribution in [0.1, 0.15) is 5.56 Å². The van der Waals surface area contributed by atoms with Crippen LogP contribution in [0.5, 0.6) is 0 Å². The summed E-state index contributed by atoms with van der Waals surface area (Å²) >= 11 is 5.22. The lowest BCUT2D eigenvalue weighted by atomic mass is 10.2. The summed E-state index contributed by atoms with van der Waals surface area (Å²) in [5, 5.41) is 0. The van der Waals surface area contributed by atoms with Crippen molar-refractivity contribution in [2.75, 3.05) is 6.07 Å². The van der Waals surface area contributed by atoms with Gasteiger partial charge in [0, 0.05) is 11.6 Å². The van der Waals surface area contributed by atoms with Crippen molar-refractivity contribution in [2.24, 2.45) is 0 Å². The number of hydrogen-bond acceptors (Lipinski definition) is 1. The molecule has 0 fully saturated rings. The highest BCUT2D eigenvalue weighted by atomic mass is 35.5. The molecule has 0 N–H and O–H groups in total. The van der Waals surface area contributed by atoms with E-state index in [1.807, 2.05) is 0 Å². The van der Waals surface area contributed by atoms with Crippen molar-refractivity contribution in [3.8, 4) is 0 Å². The second-order valence-electron chi connectivity index (χ2n) is 2.19. The molecule has 0 radical (unpaired) electrons. The van der Waals surface area contributed by atoms with Crippen molar-refractivity contribution in [3.05, 3.63) is 35.4 Å². The van der Waals surface area contributed by atoms with Gasteiger partial charge in [0.2, 0.25) is 0 Å². The summed E-state index contributed by atoms with van der Waals surface area (Å²) in [6, 6.07) is 3.32. The topological polar surface area (TPSA) is 9.23 Å². The van der Waals surface area contributed by atoms with E-state index in [0.717, 1.165) is 6.07 Å². The summed E-state index contributed by atoms with van der Waals surface area (Å²) in [4.78, 5) is 0. The molecule has 0 saturated carbocycles. The fourth-order valence-electron chi connectivity index (χ4n) is 0.787. The maximum absolute atomic E-state index is 12.8. The summed E-state index contributed by atoms with van der Waals surface area (Å²) in [5.74, 6) is -1.21. The third-order valence-corrected chi connectivity index (χ3v) is 1.50. The van der Waals surface area contributed by atoms with Gasteiger partial charge in [-0.1, -0.05) is 17.7 Å². The molecule has 1 aromatic rings. The maximum Gasteiger partial charge on any atom is 0.131 e. The summed E-state index contributed by atoms with van der Waals surface area (Å²) in [6.07, 6.45) is 0. The smallest absolute Gasteiger partial charge is 0.131 e. The zero-order valence-corrected chi connectivity index (χ0v) is 6.94. The van der Waals surface area contributed by atoms with E-state index in [-0.39, 0.29) is 12.7 Å². The van der Waals surface area contributed by atoms with Crippen LogP contribution >= 0.6 is 11.6 Å². The number of halogens is 3. The molecule has 4 heteroatoms. The van der Waals surface area contributed by atoms with Crippen LogP contribution in [0.25, 0.3) is 0 Å². The Bertz CT molecular complexity index is 265. The van der Waals surface area contributed by atoms with Gasteiger partial charge in [0.25, 0.3) is 0 Å². The van der Waals surface area contributed by atoms with Crippen LogP contribution in [0, 0.1) is 11.6 Å². The summed E-state index contributed by atoms with van der Waals surface area (Å²) in [7, 11) is 0. The molecule has 0 bridgehead atoms. The van der Waals surface area contributed by atoms with Crippen molar-refractivity contribution in [1.82, 2.24) is 0 Å². The van der Waals surface area contributed by atoms with Crippen LogP contribution in [-0.2, 0) is 11.3 Å². The molecule has 0 aromatic heterocycles. The molecule has 0 spiro atoms. The average Bonchev–Trinajstić information content (AvgIpc) is 2.03. The molecule has 0 unspecified atom stereocenters. The van der Waals surface area contributed by atoms with Crippen molar-refractivity contribution >= 4 is 11.6 Å². The molecule has 0 aliphatic rings. The summed E-state index contributed by atoms with van der Waals surface area (Å²) in [5.41, 5.74) is 0.303. The SMILES string of the molecule is Fc1ccc(COCCl)c(F)c1. The molecule has 1 rings (SSSR count). The first-order valence-electron chi connectivity index (χ1n) is 3.31. The van der Waals surface area contributed by atoms with Crippen LogP contribution in [0.3, 0.4) is 0 Å². The first-order chi connectivity index (χ1) is 5.74. The molecule has 0 aliphatic heterocycles. The largest absolute Gasteiger partial charge is 0.361 e. The molecule has 1 nitrogen and oxygen atoms in total. The van der Waals surface area contributed by atoms with Crippen molar-refractivity contribution < 1.29 is 13.5 Å². The van der Waals surface area contributed by atoms with Gasteiger partial charge >= 0.3 is 0 Å². The Balaban J connectivity index is 2.72. The Morgan fingerprint density at radius 2 is 2.08 bits per heavy atom. The highest BCUT2D eigenvalue weighted by Gasteiger charge is 2.02. The lowest BCUT2D eigenvalue weighted by Gasteiger charge is -2.01. The van der Waals surface area contributed by atoms with Crippen LogP contribution < -0.4 is 0 Å². The fraction of sp³-hybridized carbons (Fsp3) is 0.250. The molecular formula is C8H7ClF2O. The second-order valence-corrected chi connectivity index (χ2v) is 2.41. The van der Waals surface area contributed by atoms with Gasteiger partial charge in [0.15, 0.2) is 0 Å². The van der Waals surface area contributed by atoms with Crippen LogP contribution in [0.2, 0.25) is 0 Å². The number of ether oxygens (including phenoxy) is 1. The molecule has 0 amide bonds. The molecule has 0 atom stereocenters. The Hall–Kier alpha value is -0.670. The van der Waals surface area contributed by atoms with Gasteiger partial charge < -0.3 is 4.74 Å². The Morgan fingerprint density at radius 3 is 2.67 bits per heavy atom. The van der Waals surface area contributed by atoms with Gasteiger partial charge in [0.1, 0.15) is 17.7 Å². The number of rotatable bonds is 3. The maximum atomic E-state index is 12.8. The molecule has 1 aromatic carbocycles. The predicted molar refractivity (Wildman–Crippen MR) is 41.9 cm³/mol. The zero-order valence-electron chi connectivity index (χ0n) is 6.19. The van der Waals surface area contributed by atoms with E-state index in [4.69, 9.17) is 16.3 Å². The lowest BCUT2D eigenvalue weighted by Crippen LogP contribution is -1.94. The monoisotopic (exact) mass is 192 g/mol. The Kier molecular flexibility index (Phi) is 3.44. The minimum absolute atomic E-state index is 0.00316. The number of alkyl halides is 1. The third-order valence-electron chi connectivity index (χ3n) is 1.35. The van der Waals surface area contributed by atoms with Crippen molar-refractivity contribution in [3.63, 3.8) is 0 Å². The predicted octanol–water partition coefficient (Wildman–Crippen LogP) is 2.68. The van der Waals surface area contributed by atoms with Gasteiger partial charge in [-0.05, 0) is 6.07 Å². The van der Waals surface area contributed by atoms with Gasteiger partial charge in [-0.25, -0.2) is 8.78 Å². The standard InChI is InChI=1S/C8H7ClF2O/c9-5-12-4-6-1-2-7(10)3-8(6)11/h1-3H,4-5H2. The van der Waals surface area contributed by atoms with E-state index in [9.17, 15) is 8.78 Å². The van der Waals surface area contributed by atoms with Crippen LogP contribution in [-0.4, -0.2) is 6.07 Å². The molecule has 66 valence electrons. The van der Waals surface area contributed by atoms with E-state index in [2.05, 4.69) is 0 Å². The molecule has 0 aliphatic carbocycles. The van der Waals surface area contributed by atoms with Gasteiger partial charge in [-0.15, -0.1) is 0 Å². The lowest BCUT2D eigenvalue weighted by molar-refractivity contribution is 0.162. The van der Waals surface area contributed by atoms with Gasteiger partial charge in [-0.3, -0.25) is 0 Å². The van der Waals surface area contributed by atoms with Crippen LogP contribution in [0.4, 0.5) is 8.78 Å². The van der Waals surface area contributed by atoms with E-state index in [1.54, 1.807) is 0 Å². The fourth-order valence-corrected chi connectivity index (χ4v) is 0.864. The first kappa shape index (κ1) is 9.42. The third kappa shape index (κ3) is 2.43. The normalized spacial score (nSPS) is 10.2. The van der Waals surface area contributed by atoms with E-state index in [0.29, 0.717) is 5.56 Å². The minimum Gasteiger partial charge on any atom is -0.361 e. The quantitative estimate of drug-likeness (QED) is 0.669. The first-order valence-corrected chi connectivity index (χ1v) is 3.85. The van der Waals surface area contributed by atoms with Gasteiger partial charge in [-0.2, -0.15) is 0 Å². The van der Waals surface area contributed by atoms with Crippen molar-refractivity contribution in [2.45, 2.75) is 6.61 Å². The number of benzene rings is 1. The molecule has 0 heterocycles. The Labute approximate surface area is 73.9 Å². The summed E-state index contributed by atoms with van der Waals surface area (Å²) < 4.78 is 29.9. The van der Waals surface area contributed by atoms with E-state index >= 15 is 0 Å².